The Morgan fingerprint density at radius 3 is 2.88 bits per heavy atom. The van der Waals surface area contributed by atoms with Gasteiger partial charge < -0.3 is 20.3 Å². The van der Waals surface area contributed by atoms with Gasteiger partial charge in [0.1, 0.15) is 11.6 Å². The summed E-state index contributed by atoms with van der Waals surface area (Å²) < 4.78 is 12.4. The molecule has 3 aromatic rings. The molecular formula is C20H16N2O3S. The van der Waals surface area contributed by atoms with Gasteiger partial charge >= 0.3 is 0 Å². The van der Waals surface area contributed by atoms with E-state index < -0.39 is 0 Å². The molecule has 0 amide bonds. The van der Waals surface area contributed by atoms with E-state index in [0.29, 0.717) is 23.7 Å². The number of allylic oxidation sites excluding steroid dienone is 1. The molecule has 5 nitrogen and oxygen atoms in total. The second-order valence-electron chi connectivity index (χ2n) is 5.88. The molecule has 1 aromatic heterocycles. The molecule has 0 spiro atoms. The van der Waals surface area contributed by atoms with Gasteiger partial charge in [-0.3, -0.25) is 0 Å². The summed E-state index contributed by atoms with van der Waals surface area (Å²) in [6, 6.07) is 15.2. The van der Waals surface area contributed by atoms with Crippen LogP contribution in [0.15, 0.2) is 53.9 Å². The van der Waals surface area contributed by atoms with E-state index in [1.165, 1.54) is 0 Å². The fourth-order valence-corrected chi connectivity index (χ4v) is 4.46. The molecule has 1 aliphatic heterocycles. The van der Waals surface area contributed by atoms with Crippen molar-refractivity contribution in [1.82, 2.24) is 0 Å². The number of hydrogen-bond donors (Lipinski definition) is 2. The summed E-state index contributed by atoms with van der Waals surface area (Å²) in [4.78, 5) is 0.921. The number of nitriles is 1. The molecule has 1 atom stereocenters. The van der Waals surface area contributed by atoms with Crippen LogP contribution in [0.25, 0.3) is 10.1 Å². The molecule has 6 heteroatoms. The molecule has 0 bridgehead atoms. The van der Waals surface area contributed by atoms with Crippen molar-refractivity contribution in [3.63, 3.8) is 0 Å². The summed E-state index contributed by atoms with van der Waals surface area (Å²) in [7, 11) is 0. The topological polar surface area (TPSA) is 88.5 Å². The second-order valence-corrected chi connectivity index (χ2v) is 6.96. The first kappa shape index (κ1) is 16.3. The summed E-state index contributed by atoms with van der Waals surface area (Å²) in [5, 5.41) is 20.7. The second kappa shape index (κ2) is 6.28. The van der Waals surface area contributed by atoms with Crippen molar-refractivity contribution in [1.29, 1.82) is 5.26 Å². The van der Waals surface area contributed by atoms with Crippen molar-refractivity contribution in [3.05, 3.63) is 64.4 Å². The molecule has 0 unspecified atom stereocenters. The van der Waals surface area contributed by atoms with Crippen LogP contribution in [0.1, 0.15) is 23.3 Å². The predicted molar refractivity (Wildman–Crippen MR) is 100 cm³/mol. The molecule has 1 aliphatic rings. The minimum atomic E-state index is -0.360. The van der Waals surface area contributed by atoms with E-state index in [1.54, 1.807) is 29.5 Å². The van der Waals surface area contributed by atoms with Gasteiger partial charge in [0.25, 0.3) is 0 Å². The lowest BCUT2D eigenvalue weighted by Crippen LogP contribution is -2.19. The number of rotatable bonds is 3. The monoisotopic (exact) mass is 364 g/mol. The van der Waals surface area contributed by atoms with Crippen molar-refractivity contribution in [2.24, 2.45) is 5.73 Å². The number of hydrogen-bond acceptors (Lipinski definition) is 6. The molecule has 0 fully saturated rings. The van der Waals surface area contributed by atoms with Crippen molar-refractivity contribution >= 4 is 21.4 Å². The van der Waals surface area contributed by atoms with Gasteiger partial charge in [-0.2, -0.15) is 5.26 Å². The smallest absolute Gasteiger partial charge is 0.205 e. The van der Waals surface area contributed by atoms with Gasteiger partial charge in [-0.25, -0.2) is 0 Å². The molecule has 0 aliphatic carbocycles. The molecule has 0 saturated carbocycles. The summed E-state index contributed by atoms with van der Waals surface area (Å²) >= 11 is 1.58. The van der Waals surface area contributed by atoms with Gasteiger partial charge in [0.15, 0.2) is 17.2 Å². The van der Waals surface area contributed by atoms with E-state index in [4.69, 9.17) is 15.2 Å². The van der Waals surface area contributed by atoms with Crippen LogP contribution in [-0.2, 0) is 0 Å². The lowest BCUT2D eigenvalue weighted by Gasteiger charge is -2.24. The molecular weight excluding hydrogens is 348 g/mol. The van der Waals surface area contributed by atoms with Crippen LogP contribution in [0.4, 0.5) is 0 Å². The van der Waals surface area contributed by atoms with Crippen LogP contribution >= 0.6 is 11.3 Å². The third-order valence-corrected chi connectivity index (χ3v) is 5.56. The highest BCUT2D eigenvalue weighted by Crippen LogP contribution is 2.50. The predicted octanol–water partition coefficient (Wildman–Crippen LogP) is 4.22. The third-order valence-electron chi connectivity index (χ3n) is 4.34. The van der Waals surface area contributed by atoms with Crippen molar-refractivity contribution in [3.8, 4) is 23.3 Å². The van der Waals surface area contributed by atoms with E-state index in [2.05, 4.69) is 6.07 Å². The number of phenolic OH excluding ortho intramolecular Hbond substituents is 1. The molecule has 3 N–H and O–H groups in total. The van der Waals surface area contributed by atoms with Crippen molar-refractivity contribution < 1.29 is 14.6 Å². The number of nitrogens with two attached hydrogens (primary N) is 1. The van der Waals surface area contributed by atoms with Crippen LogP contribution in [0, 0.1) is 11.3 Å². The van der Waals surface area contributed by atoms with E-state index >= 15 is 0 Å². The Bertz CT molecular complexity index is 1080. The summed E-state index contributed by atoms with van der Waals surface area (Å²) in [6.07, 6.45) is 0. The van der Waals surface area contributed by atoms with Gasteiger partial charge in [-0.15, -0.1) is 11.3 Å². The molecule has 4 rings (SSSR count). The Labute approximate surface area is 154 Å². The quantitative estimate of drug-likeness (QED) is 0.726. The molecule has 0 saturated heterocycles. The van der Waals surface area contributed by atoms with Crippen LogP contribution in [0.5, 0.6) is 17.2 Å². The zero-order chi connectivity index (χ0) is 18.3. The number of benzene rings is 2. The van der Waals surface area contributed by atoms with Gasteiger partial charge in [-0.05, 0) is 36.8 Å². The van der Waals surface area contributed by atoms with E-state index in [0.717, 1.165) is 20.5 Å². The number of nitrogens with zero attached hydrogens (tertiary/aromatic N) is 1. The normalized spacial score (nSPS) is 16.1. The van der Waals surface area contributed by atoms with Gasteiger partial charge in [0.05, 0.1) is 17.4 Å². The maximum absolute atomic E-state index is 10.0. The van der Waals surface area contributed by atoms with Crippen molar-refractivity contribution in [2.45, 2.75) is 12.8 Å². The van der Waals surface area contributed by atoms with Crippen LogP contribution < -0.4 is 15.2 Å². The minimum absolute atomic E-state index is 0.0645. The lowest BCUT2D eigenvalue weighted by atomic mass is 9.88. The van der Waals surface area contributed by atoms with Gasteiger partial charge in [0, 0.05) is 10.1 Å². The first-order valence-electron chi connectivity index (χ1n) is 8.18. The first-order chi connectivity index (χ1) is 12.6. The summed E-state index contributed by atoms with van der Waals surface area (Å²) in [5.41, 5.74) is 7.25. The number of aromatic hydroxyl groups is 1. The maximum atomic E-state index is 10.0. The first-order valence-corrected chi connectivity index (χ1v) is 9.00. The zero-order valence-electron chi connectivity index (χ0n) is 14.0. The van der Waals surface area contributed by atoms with E-state index in [-0.39, 0.29) is 17.6 Å². The number of thiophene rings is 1. The highest BCUT2D eigenvalue weighted by molar-refractivity contribution is 7.19. The fourth-order valence-electron chi connectivity index (χ4n) is 3.19. The maximum Gasteiger partial charge on any atom is 0.205 e. The largest absolute Gasteiger partial charge is 0.504 e. The van der Waals surface area contributed by atoms with Crippen LogP contribution in [-0.4, -0.2) is 11.7 Å². The Balaban J connectivity index is 1.95. The summed E-state index contributed by atoms with van der Waals surface area (Å²) in [6.45, 7) is 2.28. The van der Waals surface area contributed by atoms with Crippen LogP contribution in [0.2, 0.25) is 0 Å². The molecule has 2 heterocycles. The van der Waals surface area contributed by atoms with E-state index in [1.807, 2.05) is 31.2 Å². The lowest BCUT2D eigenvalue weighted by molar-refractivity contribution is 0.317. The highest BCUT2D eigenvalue weighted by atomic mass is 32.1. The van der Waals surface area contributed by atoms with Gasteiger partial charge in [-0.1, -0.05) is 18.2 Å². The molecule has 130 valence electrons. The summed E-state index contributed by atoms with van der Waals surface area (Å²) in [5.74, 6) is 0.892. The molecule has 0 radical (unpaired) electrons. The Kier molecular flexibility index (Phi) is 3.94. The molecule has 26 heavy (non-hydrogen) atoms. The third kappa shape index (κ3) is 2.45. The van der Waals surface area contributed by atoms with Gasteiger partial charge in [0.2, 0.25) is 5.88 Å². The SMILES string of the molecule is CCOc1cc([C@H]2C(C#N)=C(N)Oc3c2sc2ccccc32)ccc1O. The van der Waals surface area contributed by atoms with Crippen LogP contribution in [0.3, 0.4) is 0 Å². The van der Waals surface area contributed by atoms with E-state index in [9.17, 15) is 10.4 Å². The fraction of sp³-hybridized carbons (Fsp3) is 0.150. The molecule has 2 aromatic carbocycles. The Hall–Kier alpha value is -3.17. The zero-order valence-corrected chi connectivity index (χ0v) is 14.8. The number of phenols is 1. The Morgan fingerprint density at radius 2 is 2.12 bits per heavy atom. The Morgan fingerprint density at radius 1 is 1.31 bits per heavy atom. The number of ether oxygens (including phenoxy) is 2. The van der Waals surface area contributed by atoms with Crippen molar-refractivity contribution in [2.75, 3.05) is 6.61 Å². The number of fused-ring (bicyclic) bond motifs is 3. The standard InChI is InChI=1S/C20H16N2O3S/c1-2-24-15-9-11(7-8-14(15)23)17-13(10-21)20(22)25-18-12-5-3-4-6-16(12)26-19(17)18/h3-9,17,23H,2,22H2,1H3/t17-/m0/s1. The average molecular weight is 364 g/mol. The average Bonchev–Trinajstić information content (AvgIpc) is 3.01. The minimum Gasteiger partial charge on any atom is -0.504 e. The highest BCUT2D eigenvalue weighted by Gasteiger charge is 2.34.